The molecule has 0 aromatic heterocycles. The van der Waals surface area contributed by atoms with Crippen LogP contribution in [0.15, 0.2) is 42.5 Å². The largest absolute Gasteiger partial charge is 0.338 e. The minimum atomic E-state index is -0.0235. The van der Waals surface area contributed by atoms with Crippen molar-refractivity contribution in [3.05, 3.63) is 48.0 Å². The van der Waals surface area contributed by atoms with Crippen LogP contribution < -0.4 is 5.32 Å². The number of benzene rings is 2. The summed E-state index contributed by atoms with van der Waals surface area (Å²) in [6.45, 7) is 3.09. The zero-order valence-corrected chi connectivity index (χ0v) is 13.7. The predicted molar refractivity (Wildman–Crippen MR) is 93.3 cm³/mol. The third-order valence-corrected chi connectivity index (χ3v) is 5.50. The van der Waals surface area contributed by atoms with E-state index < -0.39 is 0 Å². The lowest BCUT2D eigenvalue weighted by Gasteiger charge is -2.35. The molecule has 1 aliphatic carbocycles. The molecule has 1 aliphatic heterocycles. The molecule has 1 heterocycles. The number of rotatable bonds is 4. The number of carbonyl (C=O) groups is 1. The van der Waals surface area contributed by atoms with Crippen LogP contribution in [0.2, 0.25) is 0 Å². The normalized spacial score (nSPS) is 23.3. The molecule has 2 aromatic carbocycles. The van der Waals surface area contributed by atoms with E-state index in [-0.39, 0.29) is 12.1 Å². The van der Waals surface area contributed by atoms with Gasteiger partial charge in [0.2, 0.25) is 5.91 Å². The number of likely N-dealkylation sites (tertiary alicyclic amines) is 1. The maximum atomic E-state index is 12.6. The van der Waals surface area contributed by atoms with E-state index in [0.29, 0.717) is 11.9 Å². The fourth-order valence-corrected chi connectivity index (χ4v) is 3.94. The maximum Gasteiger partial charge on any atom is 0.240 e. The smallest absolute Gasteiger partial charge is 0.240 e. The molecule has 3 heteroatoms. The summed E-state index contributed by atoms with van der Waals surface area (Å²) in [7, 11) is 0. The molecule has 0 spiro atoms. The SMILES string of the molecule is CC(NC1CCN(C2CCC2)C1=O)c1cccc2ccccc12. The first-order chi connectivity index (χ1) is 11.2. The second-order valence-electron chi connectivity index (χ2n) is 6.91. The molecule has 120 valence electrons. The average molecular weight is 308 g/mol. The number of hydrogen-bond donors (Lipinski definition) is 1. The second-order valence-corrected chi connectivity index (χ2v) is 6.91. The summed E-state index contributed by atoms with van der Waals surface area (Å²) < 4.78 is 0. The summed E-state index contributed by atoms with van der Waals surface area (Å²) in [5.74, 6) is 0.307. The van der Waals surface area contributed by atoms with Crippen LogP contribution in [0.1, 0.15) is 44.2 Å². The lowest BCUT2D eigenvalue weighted by Crippen LogP contribution is -2.45. The van der Waals surface area contributed by atoms with E-state index in [2.05, 4.69) is 59.6 Å². The van der Waals surface area contributed by atoms with Crippen LogP contribution in [0.4, 0.5) is 0 Å². The Labute approximate surface area is 137 Å². The Bertz CT molecular complexity index is 717. The first kappa shape index (κ1) is 14.7. The minimum Gasteiger partial charge on any atom is -0.338 e. The molecule has 23 heavy (non-hydrogen) atoms. The van der Waals surface area contributed by atoms with E-state index in [1.165, 1.54) is 35.6 Å². The molecule has 2 aromatic rings. The fourth-order valence-electron chi connectivity index (χ4n) is 3.94. The summed E-state index contributed by atoms with van der Waals surface area (Å²) in [6, 6.07) is 15.5. The van der Waals surface area contributed by atoms with Gasteiger partial charge in [0.1, 0.15) is 0 Å². The van der Waals surface area contributed by atoms with E-state index in [0.717, 1.165) is 13.0 Å². The Morgan fingerprint density at radius 3 is 2.65 bits per heavy atom. The highest BCUT2D eigenvalue weighted by atomic mass is 16.2. The molecule has 0 radical (unpaired) electrons. The van der Waals surface area contributed by atoms with Gasteiger partial charge in [-0.25, -0.2) is 0 Å². The van der Waals surface area contributed by atoms with Crippen molar-refractivity contribution in [3.8, 4) is 0 Å². The Morgan fingerprint density at radius 1 is 1.09 bits per heavy atom. The highest BCUT2D eigenvalue weighted by molar-refractivity contribution is 5.87. The lowest BCUT2D eigenvalue weighted by molar-refractivity contribution is -0.132. The van der Waals surface area contributed by atoms with Crippen molar-refractivity contribution in [1.29, 1.82) is 0 Å². The minimum absolute atomic E-state index is 0.0235. The van der Waals surface area contributed by atoms with Gasteiger partial charge in [0, 0.05) is 18.6 Å². The Morgan fingerprint density at radius 2 is 1.87 bits per heavy atom. The molecule has 0 bridgehead atoms. The van der Waals surface area contributed by atoms with E-state index in [4.69, 9.17) is 0 Å². The summed E-state index contributed by atoms with van der Waals surface area (Å²) in [6.07, 6.45) is 4.60. The predicted octanol–water partition coefficient (Wildman–Crippen LogP) is 3.64. The Kier molecular flexibility index (Phi) is 3.82. The third-order valence-electron chi connectivity index (χ3n) is 5.50. The van der Waals surface area contributed by atoms with Gasteiger partial charge in [0.15, 0.2) is 0 Å². The first-order valence-corrected chi connectivity index (χ1v) is 8.78. The van der Waals surface area contributed by atoms with Crippen LogP contribution in [0.5, 0.6) is 0 Å². The number of amides is 1. The van der Waals surface area contributed by atoms with Crippen molar-refractivity contribution in [2.45, 2.75) is 50.7 Å². The van der Waals surface area contributed by atoms with Crippen LogP contribution in [-0.2, 0) is 4.79 Å². The molecule has 2 fully saturated rings. The summed E-state index contributed by atoms with van der Waals surface area (Å²) in [4.78, 5) is 14.7. The van der Waals surface area contributed by atoms with Crippen LogP contribution in [0, 0.1) is 0 Å². The van der Waals surface area contributed by atoms with Gasteiger partial charge in [0.05, 0.1) is 6.04 Å². The van der Waals surface area contributed by atoms with Crippen molar-refractivity contribution >= 4 is 16.7 Å². The van der Waals surface area contributed by atoms with Crippen molar-refractivity contribution in [2.75, 3.05) is 6.54 Å². The lowest BCUT2D eigenvalue weighted by atomic mass is 9.92. The molecule has 2 unspecified atom stereocenters. The number of nitrogens with zero attached hydrogens (tertiary/aromatic N) is 1. The molecule has 3 nitrogen and oxygen atoms in total. The van der Waals surface area contributed by atoms with E-state index >= 15 is 0 Å². The molecule has 1 N–H and O–H groups in total. The van der Waals surface area contributed by atoms with Gasteiger partial charge in [-0.1, -0.05) is 42.5 Å². The van der Waals surface area contributed by atoms with Crippen LogP contribution in [-0.4, -0.2) is 29.4 Å². The number of carbonyl (C=O) groups excluding carboxylic acids is 1. The van der Waals surface area contributed by atoms with Crippen LogP contribution in [0.3, 0.4) is 0 Å². The molecule has 2 atom stereocenters. The van der Waals surface area contributed by atoms with Gasteiger partial charge in [-0.3, -0.25) is 10.1 Å². The van der Waals surface area contributed by atoms with Gasteiger partial charge in [-0.15, -0.1) is 0 Å². The monoisotopic (exact) mass is 308 g/mol. The van der Waals surface area contributed by atoms with Crippen molar-refractivity contribution < 1.29 is 4.79 Å². The standard InChI is InChI=1S/C20H24N2O/c1-14(17-11-4-7-15-6-2-3-10-18(15)17)21-19-12-13-22(20(19)23)16-8-5-9-16/h2-4,6-7,10-11,14,16,19,21H,5,8-9,12-13H2,1H3. The zero-order valence-electron chi connectivity index (χ0n) is 13.7. The van der Waals surface area contributed by atoms with E-state index in [1.54, 1.807) is 0 Å². The van der Waals surface area contributed by atoms with Crippen LogP contribution >= 0.6 is 0 Å². The molecule has 4 rings (SSSR count). The molecule has 1 saturated heterocycles. The van der Waals surface area contributed by atoms with E-state index in [1.807, 2.05) is 0 Å². The third kappa shape index (κ3) is 2.63. The molecule has 1 amide bonds. The number of nitrogens with one attached hydrogen (secondary N) is 1. The van der Waals surface area contributed by atoms with Gasteiger partial charge in [-0.2, -0.15) is 0 Å². The summed E-state index contributed by atoms with van der Waals surface area (Å²) in [5, 5.41) is 6.11. The molecular weight excluding hydrogens is 284 g/mol. The topological polar surface area (TPSA) is 32.3 Å². The molecule has 1 saturated carbocycles. The summed E-state index contributed by atoms with van der Waals surface area (Å²) >= 11 is 0. The number of hydrogen-bond acceptors (Lipinski definition) is 2. The fraction of sp³-hybridized carbons (Fsp3) is 0.450. The second kappa shape index (κ2) is 5.97. The van der Waals surface area contributed by atoms with Gasteiger partial charge in [0.25, 0.3) is 0 Å². The molecular formula is C20H24N2O. The maximum absolute atomic E-state index is 12.6. The van der Waals surface area contributed by atoms with Crippen molar-refractivity contribution in [3.63, 3.8) is 0 Å². The van der Waals surface area contributed by atoms with Crippen molar-refractivity contribution in [2.24, 2.45) is 0 Å². The highest BCUT2D eigenvalue weighted by Gasteiger charge is 2.38. The van der Waals surface area contributed by atoms with Gasteiger partial charge < -0.3 is 4.90 Å². The summed E-state index contributed by atoms with van der Waals surface area (Å²) in [5.41, 5.74) is 1.28. The zero-order chi connectivity index (χ0) is 15.8. The Hall–Kier alpha value is -1.87. The van der Waals surface area contributed by atoms with Crippen LogP contribution in [0.25, 0.3) is 10.8 Å². The van der Waals surface area contributed by atoms with Gasteiger partial charge in [-0.05, 0) is 48.9 Å². The van der Waals surface area contributed by atoms with Crippen molar-refractivity contribution in [1.82, 2.24) is 10.2 Å². The van der Waals surface area contributed by atoms with Gasteiger partial charge >= 0.3 is 0 Å². The quantitative estimate of drug-likeness (QED) is 0.935. The first-order valence-electron chi connectivity index (χ1n) is 8.78. The molecule has 2 aliphatic rings. The number of fused-ring (bicyclic) bond motifs is 1. The Balaban J connectivity index is 1.51. The average Bonchev–Trinajstić information content (AvgIpc) is 2.86. The van der Waals surface area contributed by atoms with E-state index in [9.17, 15) is 4.79 Å². The highest BCUT2D eigenvalue weighted by Crippen LogP contribution is 2.30.